The van der Waals surface area contributed by atoms with Crippen LogP contribution >= 0.6 is 0 Å². The van der Waals surface area contributed by atoms with Gasteiger partial charge in [-0.25, -0.2) is 0 Å². The third-order valence-electron chi connectivity index (χ3n) is 2.16. The van der Waals surface area contributed by atoms with Crippen LogP contribution in [0, 0.1) is 0 Å². The van der Waals surface area contributed by atoms with Crippen LogP contribution in [0.25, 0.3) is 0 Å². The van der Waals surface area contributed by atoms with Gasteiger partial charge >= 0.3 is 0 Å². The molecule has 0 aromatic rings. The first-order valence-electron chi connectivity index (χ1n) is 5.41. The maximum absolute atomic E-state index is 8.67. The Hall–Kier alpha value is -0.810. The number of hydrogen-bond acceptors (Lipinski definition) is 5. The van der Waals surface area contributed by atoms with E-state index in [1.807, 2.05) is 13.8 Å². The van der Waals surface area contributed by atoms with Crippen molar-refractivity contribution in [3.8, 4) is 0 Å². The number of aliphatic hydroxyl groups excluding tert-OH is 1. The van der Waals surface area contributed by atoms with Gasteiger partial charge in [-0.3, -0.25) is 4.99 Å². The molecule has 15 heavy (non-hydrogen) atoms. The van der Waals surface area contributed by atoms with Gasteiger partial charge in [0.1, 0.15) is 0 Å². The van der Waals surface area contributed by atoms with E-state index in [1.165, 1.54) is 0 Å². The zero-order valence-electron chi connectivity index (χ0n) is 9.55. The minimum Gasteiger partial charge on any atom is -0.394 e. The Labute approximate surface area is 90.9 Å². The molecule has 0 aromatic carbocycles. The van der Waals surface area contributed by atoms with E-state index in [2.05, 4.69) is 15.6 Å². The van der Waals surface area contributed by atoms with Crippen molar-refractivity contribution in [1.82, 2.24) is 10.6 Å². The Morgan fingerprint density at radius 1 is 1.60 bits per heavy atom. The highest BCUT2D eigenvalue weighted by atomic mass is 16.5. The molecule has 0 spiro atoms. The van der Waals surface area contributed by atoms with Crippen molar-refractivity contribution in [2.24, 2.45) is 4.99 Å². The van der Waals surface area contributed by atoms with Crippen LogP contribution in [0.2, 0.25) is 0 Å². The van der Waals surface area contributed by atoms with Crippen LogP contribution in [0.5, 0.6) is 0 Å². The average Bonchev–Trinajstić information content (AvgIpc) is 2.25. The smallest absolute Gasteiger partial charge is 0.191 e. The standard InChI is InChI=1S/C10H21N3O2/c1-10(2,15-7-6-14)8-13-9-11-4-3-5-12-9/h14H,3-8H2,1-2H3,(H2,11,12,13). The SMILES string of the molecule is CC(C)(CNC1=NCCCN1)OCCO. The zero-order valence-corrected chi connectivity index (χ0v) is 9.55. The van der Waals surface area contributed by atoms with Crippen LogP contribution in [0.1, 0.15) is 20.3 Å². The summed E-state index contributed by atoms with van der Waals surface area (Å²) in [6.07, 6.45) is 1.09. The van der Waals surface area contributed by atoms with Gasteiger partial charge in [0.25, 0.3) is 0 Å². The van der Waals surface area contributed by atoms with Crippen molar-refractivity contribution in [3.05, 3.63) is 0 Å². The van der Waals surface area contributed by atoms with E-state index in [1.54, 1.807) is 0 Å². The van der Waals surface area contributed by atoms with E-state index in [0.717, 1.165) is 25.5 Å². The predicted molar refractivity (Wildman–Crippen MR) is 60.0 cm³/mol. The van der Waals surface area contributed by atoms with Crippen molar-refractivity contribution < 1.29 is 9.84 Å². The molecule has 1 heterocycles. The molecular formula is C10H21N3O2. The summed E-state index contributed by atoms with van der Waals surface area (Å²) < 4.78 is 5.47. The Kier molecular flexibility index (Phi) is 4.84. The molecule has 0 atom stereocenters. The van der Waals surface area contributed by atoms with Crippen LogP contribution in [0.15, 0.2) is 4.99 Å². The third-order valence-corrected chi connectivity index (χ3v) is 2.16. The molecule has 1 rings (SSSR count). The van der Waals surface area contributed by atoms with Gasteiger partial charge in [0.15, 0.2) is 5.96 Å². The van der Waals surface area contributed by atoms with Crippen molar-refractivity contribution in [1.29, 1.82) is 0 Å². The van der Waals surface area contributed by atoms with E-state index >= 15 is 0 Å². The molecule has 0 unspecified atom stereocenters. The van der Waals surface area contributed by atoms with Crippen molar-refractivity contribution in [2.45, 2.75) is 25.9 Å². The lowest BCUT2D eigenvalue weighted by Gasteiger charge is -2.27. The van der Waals surface area contributed by atoms with E-state index < -0.39 is 0 Å². The van der Waals surface area contributed by atoms with Gasteiger partial charge < -0.3 is 20.5 Å². The van der Waals surface area contributed by atoms with Crippen LogP contribution in [0.4, 0.5) is 0 Å². The maximum atomic E-state index is 8.67. The number of aliphatic imine (C=N–C) groups is 1. The number of nitrogens with one attached hydrogen (secondary N) is 2. The molecule has 1 aliphatic heterocycles. The summed E-state index contributed by atoms with van der Waals surface area (Å²) in [4.78, 5) is 4.30. The Morgan fingerprint density at radius 2 is 2.40 bits per heavy atom. The summed E-state index contributed by atoms with van der Waals surface area (Å²) in [5.74, 6) is 0.849. The second-order valence-corrected chi connectivity index (χ2v) is 4.20. The van der Waals surface area contributed by atoms with E-state index in [9.17, 15) is 0 Å². The average molecular weight is 215 g/mol. The first-order chi connectivity index (χ1) is 7.14. The number of rotatable bonds is 5. The fourth-order valence-corrected chi connectivity index (χ4v) is 1.32. The summed E-state index contributed by atoms with van der Waals surface area (Å²) in [6.45, 7) is 6.94. The summed E-state index contributed by atoms with van der Waals surface area (Å²) in [5, 5.41) is 15.0. The molecule has 0 saturated heterocycles. The molecule has 0 aromatic heterocycles. The number of aliphatic hydroxyl groups is 1. The lowest BCUT2D eigenvalue weighted by molar-refractivity contribution is -0.0292. The van der Waals surface area contributed by atoms with Crippen LogP contribution in [0.3, 0.4) is 0 Å². The van der Waals surface area contributed by atoms with Gasteiger partial charge in [-0.1, -0.05) is 0 Å². The molecule has 5 heteroatoms. The first kappa shape index (κ1) is 12.3. The van der Waals surface area contributed by atoms with Gasteiger partial charge in [0.2, 0.25) is 0 Å². The molecule has 0 saturated carbocycles. The Bertz CT molecular complexity index is 217. The quantitative estimate of drug-likeness (QED) is 0.590. The van der Waals surface area contributed by atoms with Gasteiger partial charge in [-0.05, 0) is 20.3 Å². The molecular weight excluding hydrogens is 194 g/mol. The van der Waals surface area contributed by atoms with Crippen molar-refractivity contribution in [2.75, 3.05) is 32.8 Å². The van der Waals surface area contributed by atoms with Gasteiger partial charge in [0.05, 0.1) is 18.8 Å². The molecule has 0 amide bonds. The van der Waals surface area contributed by atoms with E-state index in [4.69, 9.17) is 9.84 Å². The lowest BCUT2D eigenvalue weighted by atomic mass is 10.1. The van der Waals surface area contributed by atoms with Crippen molar-refractivity contribution in [3.63, 3.8) is 0 Å². The minimum absolute atomic E-state index is 0.0582. The summed E-state index contributed by atoms with van der Waals surface area (Å²) >= 11 is 0. The summed E-state index contributed by atoms with van der Waals surface area (Å²) in [7, 11) is 0. The number of ether oxygens (including phenoxy) is 1. The van der Waals surface area contributed by atoms with Crippen LogP contribution in [-0.4, -0.2) is 49.5 Å². The van der Waals surface area contributed by atoms with Crippen LogP contribution in [-0.2, 0) is 4.74 Å². The Morgan fingerprint density at radius 3 is 3.00 bits per heavy atom. The fraction of sp³-hybridized carbons (Fsp3) is 0.900. The zero-order chi connectivity index (χ0) is 11.1. The third kappa shape index (κ3) is 4.99. The topological polar surface area (TPSA) is 65.9 Å². The van der Waals surface area contributed by atoms with E-state index in [0.29, 0.717) is 13.2 Å². The molecule has 0 radical (unpaired) electrons. The lowest BCUT2D eigenvalue weighted by Crippen LogP contribution is -2.47. The monoisotopic (exact) mass is 215 g/mol. The highest BCUT2D eigenvalue weighted by molar-refractivity contribution is 5.80. The number of guanidine groups is 1. The molecule has 5 nitrogen and oxygen atoms in total. The molecule has 88 valence electrons. The van der Waals surface area contributed by atoms with Gasteiger partial charge in [-0.15, -0.1) is 0 Å². The summed E-state index contributed by atoms with van der Waals surface area (Å²) in [6, 6.07) is 0. The number of nitrogens with zero attached hydrogens (tertiary/aromatic N) is 1. The molecule has 0 bridgehead atoms. The molecule has 3 N–H and O–H groups in total. The maximum Gasteiger partial charge on any atom is 0.191 e. The van der Waals surface area contributed by atoms with Gasteiger partial charge in [-0.2, -0.15) is 0 Å². The number of hydrogen-bond donors (Lipinski definition) is 3. The largest absolute Gasteiger partial charge is 0.394 e. The van der Waals surface area contributed by atoms with E-state index in [-0.39, 0.29) is 12.2 Å². The normalized spacial score (nSPS) is 16.9. The highest BCUT2D eigenvalue weighted by Gasteiger charge is 2.18. The van der Waals surface area contributed by atoms with Crippen LogP contribution < -0.4 is 10.6 Å². The molecule has 0 fully saturated rings. The fourth-order valence-electron chi connectivity index (χ4n) is 1.32. The second-order valence-electron chi connectivity index (χ2n) is 4.20. The Balaban J connectivity index is 2.25. The predicted octanol–water partition coefficient (Wildman–Crippen LogP) is -0.287. The van der Waals surface area contributed by atoms with Gasteiger partial charge in [0, 0.05) is 19.6 Å². The van der Waals surface area contributed by atoms with Crippen molar-refractivity contribution >= 4 is 5.96 Å². The minimum atomic E-state index is -0.287. The molecule has 1 aliphatic rings. The second kappa shape index (κ2) is 5.92. The summed E-state index contributed by atoms with van der Waals surface area (Å²) in [5.41, 5.74) is -0.287. The first-order valence-corrected chi connectivity index (χ1v) is 5.41. The molecule has 0 aliphatic carbocycles. The highest BCUT2D eigenvalue weighted by Crippen LogP contribution is 2.06.